The molecule has 4 aromatic heterocycles. The lowest BCUT2D eigenvalue weighted by Gasteiger charge is -2.11. The maximum absolute atomic E-state index is 13.5. The topological polar surface area (TPSA) is 95.2 Å². The van der Waals surface area contributed by atoms with Crippen LogP contribution in [-0.2, 0) is 0 Å². The lowest BCUT2D eigenvalue weighted by Crippen LogP contribution is -2.00. The molecular weight excluding hydrogens is 501 g/mol. The van der Waals surface area contributed by atoms with Gasteiger partial charge in [-0.05, 0) is 47.0 Å². The number of nitrogens with one attached hydrogen (secondary N) is 3. The summed E-state index contributed by atoms with van der Waals surface area (Å²) >= 11 is 0. The summed E-state index contributed by atoms with van der Waals surface area (Å²) < 4.78 is 13.5. The van der Waals surface area contributed by atoms with Crippen molar-refractivity contribution in [2.45, 2.75) is 0 Å². The molecule has 0 bridgehead atoms. The molecule has 6 aromatic rings. The van der Waals surface area contributed by atoms with E-state index < -0.39 is 0 Å². The third kappa shape index (κ3) is 4.69. The summed E-state index contributed by atoms with van der Waals surface area (Å²) in [5.41, 5.74) is 8.78. The zero-order valence-corrected chi connectivity index (χ0v) is 21.4. The second-order valence-electron chi connectivity index (χ2n) is 9.19. The van der Waals surface area contributed by atoms with Crippen molar-refractivity contribution in [1.82, 2.24) is 30.1 Å². The number of hydrogen-bond acceptors (Lipinski definition) is 5. The summed E-state index contributed by atoms with van der Waals surface area (Å²) in [5, 5.41) is 11.8. The van der Waals surface area contributed by atoms with Gasteiger partial charge in [0.05, 0.1) is 34.6 Å². The molecule has 8 heteroatoms. The van der Waals surface area contributed by atoms with Crippen molar-refractivity contribution in [3.63, 3.8) is 0 Å². The van der Waals surface area contributed by atoms with Gasteiger partial charge in [-0.3, -0.25) is 15.1 Å². The number of benzene rings is 2. The molecule has 0 spiro atoms. The molecule has 0 aliphatic heterocycles. The molecule has 7 nitrogen and oxygen atoms in total. The second-order valence-corrected chi connectivity index (χ2v) is 9.19. The minimum absolute atomic E-state index is 0.294. The van der Waals surface area contributed by atoms with E-state index in [9.17, 15) is 4.39 Å². The van der Waals surface area contributed by atoms with Gasteiger partial charge >= 0.3 is 0 Å². The Balaban J connectivity index is 1.35. The summed E-state index contributed by atoms with van der Waals surface area (Å²) in [6, 6.07) is 14.4. The Morgan fingerprint density at radius 1 is 0.875 bits per heavy atom. The number of fused-ring (bicyclic) bond motifs is 2. The predicted molar refractivity (Wildman–Crippen MR) is 159 cm³/mol. The minimum Gasteiger partial charge on any atom is -0.354 e. The molecule has 3 N–H and O–H groups in total. The molecule has 0 saturated heterocycles. The van der Waals surface area contributed by atoms with Gasteiger partial charge in [-0.1, -0.05) is 56.2 Å². The van der Waals surface area contributed by atoms with E-state index in [1.807, 2.05) is 36.5 Å². The van der Waals surface area contributed by atoms with Gasteiger partial charge < -0.3 is 10.3 Å². The number of rotatable bonds is 8. The van der Waals surface area contributed by atoms with Crippen LogP contribution in [0.3, 0.4) is 0 Å². The molecule has 194 valence electrons. The number of halogens is 1. The molecule has 0 saturated carbocycles. The van der Waals surface area contributed by atoms with Crippen molar-refractivity contribution < 1.29 is 4.39 Å². The smallest absolute Gasteiger partial charge is 0.159 e. The van der Waals surface area contributed by atoms with Crippen LogP contribution in [-0.4, -0.2) is 30.1 Å². The number of aromatic amines is 2. The Morgan fingerprint density at radius 3 is 2.50 bits per heavy atom. The average molecular weight is 526 g/mol. The van der Waals surface area contributed by atoms with Gasteiger partial charge in [0.15, 0.2) is 5.82 Å². The fourth-order valence-electron chi connectivity index (χ4n) is 4.47. The van der Waals surface area contributed by atoms with E-state index in [4.69, 9.17) is 4.98 Å². The number of hydrogen-bond donors (Lipinski definition) is 3. The molecular formula is C32H24FN7. The summed E-state index contributed by atoms with van der Waals surface area (Å²) in [7, 11) is 0. The molecule has 40 heavy (non-hydrogen) atoms. The SMILES string of the molecule is C=C/C=C\C(=C)C(=C)Nc1cncc(-c2ccc3[nH]nc(-c4nc5c(-c6ccc(F)cc6)cncc5[nH]4)c3c2)c1. The Morgan fingerprint density at radius 2 is 1.68 bits per heavy atom. The van der Waals surface area contributed by atoms with Crippen molar-refractivity contribution in [3.05, 3.63) is 128 Å². The molecule has 2 aromatic carbocycles. The summed E-state index contributed by atoms with van der Waals surface area (Å²) in [6.07, 6.45) is 12.3. The number of allylic oxidation sites excluding steroid dienone is 3. The fraction of sp³-hybridized carbons (Fsp3) is 0. The van der Waals surface area contributed by atoms with E-state index in [-0.39, 0.29) is 5.82 Å². The molecule has 0 atom stereocenters. The Kier molecular flexibility index (Phi) is 6.34. The van der Waals surface area contributed by atoms with Crippen molar-refractivity contribution in [2.24, 2.45) is 0 Å². The van der Waals surface area contributed by atoms with Crippen LogP contribution < -0.4 is 5.32 Å². The molecule has 0 radical (unpaired) electrons. The summed E-state index contributed by atoms with van der Waals surface area (Å²) in [5.74, 6) is 0.309. The van der Waals surface area contributed by atoms with Crippen LogP contribution in [0.5, 0.6) is 0 Å². The van der Waals surface area contributed by atoms with Gasteiger partial charge in [0, 0.05) is 34.6 Å². The monoisotopic (exact) mass is 525 g/mol. The normalized spacial score (nSPS) is 11.3. The van der Waals surface area contributed by atoms with Crippen molar-refractivity contribution in [2.75, 3.05) is 5.32 Å². The van der Waals surface area contributed by atoms with Gasteiger partial charge in [0.2, 0.25) is 0 Å². The van der Waals surface area contributed by atoms with Crippen molar-refractivity contribution >= 4 is 27.6 Å². The van der Waals surface area contributed by atoms with E-state index >= 15 is 0 Å². The molecule has 0 fully saturated rings. The lowest BCUT2D eigenvalue weighted by molar-refractivity contribution is 0.628. The third-order valence-electron chi connectivity index (χ3n) is 6.52. The minimum atomic E-state index is -0.294. The average Bonchev–Trinajstić information content (AvgIpc) is 3.60. The third-order valence-corrected chi connectivity index (χ3v) is 6.52. The Labute approximate surface area is 229 Å². The lowest BCUT2D eigenvalue weighted by atomic mass is 10.0. The second kappa shape index (κ2) is 10.3. The van der Waals surface area contributed by atoms with Crippen LogP contribution in [0.2, 0.25) is 0 Å². The zero-order valence-electron chi connectivity index (χ0n) is 21.4. The quantitative estimate of drug-likeness (QED) is 0.178. The Hall–Kier alpha value is -5.63. The zero-order chi connectivity index (χ0) is 27.6. The number of imidazole rings is 1. The number of anilines is 1. The van der Waals surface area contributed by atoms with E-state index in [0.29, 0.717) is 17.2 Å². The molecule has 0 aliphatic rings. The molecule has 0 aliphatic carbocycles. The molecule has 0 amide bonds. The van der Waals surface area contributed by atoms with Crippen molar-refractivity contribution in [1.29, 1.82) is 0 Å². The highest BCUT2D eigenvalue weighted by Crippen LogP contribution is 2.33. The Bertz CT molecular complexity index is 1940. The van der Waals surface area contributed by atoms with Crippen LogP contribution >= 0.6 is 0 Å². The van der Waals surface area contributed by atoms with Gasteiger partial charge in [-0.25, -0.2) is 9.37 Å². The maximum atomic E-state index is 13.5. The van der Waals surface area contributed by atoms with Crippen LogP contribution in [0, 0.1) is 5.82 Å². The van der Waals surface area contributed by atoms with E-state index in [1.165, 1.54) is 12.1 Å². The summed E-state index contributed by atoms with van der Waals surface area (Å²) in [6.45, 7) is 11.8. The van der Waals surface area contributed by atoms with Crippen LogP contribution in [0.4, 0.5) is 10.1 Å². The van der Waals surface area contributed by atoms with Crippen LogP contribution in [0.25, 0.3) is 55.7 Å². The van der Waals surface area contributed by atoms with Gasteiger partial charge in [-0.15, -0.1) is 0 Å². The number of H-pyrrole nitrogens is 2. The molecule has 6 rings (SSSR count). The van der Waals surface area contributed by atoms with E-state index in [0.717, 1.165) is 55.5 Å². The first-order chi connectivity index (χ1) is 19.5. The number of nitrogens with zero attached hydrogens (tertiary/aromatic N) is 4. The first-order valence-electron chi connectivity index (χ1n) is 12.5. The summed E-state index contributed by atoms with van der Waals surface area (Å²) in [4.78, 5) is 17.0. The molecule has 4 heterocycles. The molecule has 0 unspecified atom stereocenters. The largest absolute Gasteiger partial charge is 0.354 e. The first kappa shape index (κ1) is 24.7. The fourth-order valence-corrected chi connectivity index (χ4v) is 4.47. The maximum Gasteiger partial charge on any atom is 0.159 e. The van der Waals surface area contributed by atoms with Gasteiger partial charge in [-0.2, -0.15) is 5.10 Å². The van der Waals surface area contributed by atoms with Gasteiger partial charge in [0.25, 0.3) is 0 Å². The number of aromatic nitrogens is 6. The van der Waals surface area contributed by atoms with Crippen LogP contribution in [0.15, 0.2) is 123 Å². The van der Waals surface area contributed by atoms with Crippen molar-refractivity contribution in [3.8, 4) is 33.8 Å². The van der Waals surface area contributed by atoms with Crippen LogP contribution in [0.1, 0.15) is 0 Å². The van der Waals surface area contributed by atoms with E-state index in [2.05, 4.69) is 56.3 Å². The first-order valence-corrected chi connectivity index (χ1v) is 12.5. The van der Waals surface area contributed by atoms with E-state index in [1.54, 1.807) is 36.8 Å². The highest BCUT2D eigenvalue weighted by Gasteiger charge is 2.16. The van der Waals surface area contributed by atoms with Gasteiger partial charge in [0.1, 0.15) is 11.5 Å². The predicted octanol–water partition coefficient (Wildman–Crippen LogP) is 7.59. The highest BCUT2D eigenvalue weighted by molar-refractivity contribution is 5.98. The standard InChI is InChI=1S/C32H24FN7/c1-4-5-6-19(2)20(3)36-25-13-23(15-34-16-25)22-9-12-28-26(14-22)31(40-39-28)32-37-29-18-35-17-27(30(29)38-32)21-7-10-24(33)11-8-21/h4-18,36H,1-3H2,(H,37,38)(H,39,40)/b6-5-. The highest BCUT2D eigenvalue weighted by atomic mass is 19.1. The number of pyridine rings is 2.